The molecule has 0 radical (unpaired) electrons. The number of ether oxygens (including phenoxy) is 1. The van der Waals surface area contributed by atoms with E-state index in [0.717, 1.165) is 5.56 Å². The first-order valence-electron chi connectivity index (χ1n) is 13.4. The summed E-state index contributed by atoms with van der Waals surface area (Å²) >= 11 is 12.0. The first-order chi connectivity index (χ1) is 20.5. The number of sulfonamides is 1. The first kappa shape index (κ1) is 34.8. The lowest BCUT2D eigenvalue weighted by Gasteiger charge is -2.25. The van der Waals surface area contributed by atoms with Crippen molar-refractivity contribution in [2.75, 3.05) is 39.8 Å². The molecule has 0 aliphatic carbocycles. The van der Waals surface area contributed by atoms with Crippen molar-refractivity contribution in [3.8, 4) is 0 Å². The highest BCUT2D eigenvalue weighted by Gasteiger charge is 2.31. The van der Waals surface area contributed by atoms with Crippen molar-refractivity contribution < 1.29 is 32.3 Å². The maximum atomic E-state index is 13.1. The Morgan fingerprint density at radius 3 is 2.34 bits per heavy atom. The van der Waals surface area contributed by atoms with Gasteiger partial charge >= 0.3 is 6.09 Å². The molecule has 0 bridgehead atoms. The van der Waals surface area contributed by atoms with Gasteiger partial charge in [0.2, 0.25) is 27.7 Å². The van der Waals surface area contributed by atoms with Crippen LogP contribution in [0.15, 0.2) is 52.4 Å². The maximum absolute atomic E-state index is 13.1. The third kappa shape index (κ3) is 9.14. The number of benzene rings is 2. The summed E-state index contributed by atoms with van der Waals surface area (Å²) in [5, 5.41) is 2.06. The third-order valence-corrected chi connectivity index (χ3v) is 8.90. The quantitative estimate of drug-likeness (QED) is 0.369. The van der Waals surface area contributed by atoms with Crippen LogP contribution in [0.25, 0.3) is 0 Å². The average molecular weight is 670 g/mol. The number of nitrogens with two attached hydrogens (primary N) is 1. The summed E-state index contributed by atoms with van der Waals surface area (Å²) in [6.45, 7) is 4.41. The minimum Gasteiger partial charge on any atom is -0.443 e. The molecule has 13 nitrogen and oxygen atoms in total. The van der Waals surface area contributed by atoms with Crippen LogP contribution in [0.5, 0.6) is 0 Å². The van der Waals surface area contributed by atoms with E-state index in [4.69, 9.17) is 33.7 Å². The summed E-state index contributed by atoms with van der Waals surface area (Å²) in [7, 11) is -2.90. The van der Waals surface area contributed by atoms with Crippen molar-refractivity contribution in [1.29, 1.82) is 0 Å². The molecule has 0 fully saturated rings. The van der Waals surface area contributed by atoms with Crippen LogP contribution in [0, 0.1) is 0 Å². The van der Waals surface area contributed by atoms with E-state index in [0.29, 0.717) is 28.8 Å². The Morgan fingerprint density at radius 1 is 1.07 bits per heavy atom. The molecule has 1 heterocycles. The Hall–Kier alpha value is -3.72. The van der Waals surface area contributed by atoms with Gasteiger partial charge < -0.3 is 20.7 Å². The molecule has 0 atom stereocenters. The summed E-state index contributed by atoms with van der Waals surface area (Å²) in [4.78, 5) is 56.4. The van der Waals surface area contributed by atoms with Gasteiger partial charge in [-0.3, -0.25) is 24.3 Å². The Kier molecular flexibility index (Phi) is 11.4. The summed E-state index contributed by atoms with van der Waals surface area (Å²) in [6, 6.07) is 11.1. The number of carbonyl (C=O) groups is 4. The van der Waals surface area contributed by atoms with E-state index in [-0.39, 0.29) is 16.6 Å². The number of nitrogens with zero attached hydrogens (tertiary/aromatic N) is 4. The van der Waals surface area contributed by atoms with Crippen molar-refractivity contribution in [2.24, 2.45) is 10.7 Å². The molecule has 0 unspecified atom stereocenters. The second-order valence-electron chi connectivity index (χ2n) is 10.9. The van der Waals surface area contributed by atoms with Gasteiger partial charge in [0.25, 0.3) is 0 Å². The van der Waals surface area contributed by atoms with Crippen molar-refractivity contribution in [3.63, 3.8) is 0 Å². The second kappa shape index (κ2) is 14.4. The maximum Gasteiger partial charge on any atom is 0.416 e. The number of nitrogens with one attached hydrogen (secondary N) is 1. The number of primary amides is 1. The minimum atomic E-state index is -4.44. The van der Waals surface area contributed by atoms with E-state index in [1.54, 1.807) is 52.1 Å². The van der Waals surface area contributed by atoms with Gasteiger partial charge in [-0.15, -0.1) is 0 Å². The molecule has 4 amide bonds. The summed E-state index contributed by atoms with van der Waals surface area (Å²) in [6.07, 6.45) is -0.478. The Balaban J connectivity index is 1.58. The SMILES string of the molecule is CN(Cc1ccc(C2=NCCN2C(=O)OC(C)(C)C)cc1)C(=O)CNC(=O)CN(CC(N)=O)S(=O)(=O)c1cccc(Cl)c1Cl. The number of amidine groups is 1. The zero-order chi connectivity index (χ0) is 32.8. The normalized spacial score (nSPS) is 13.4. The lowest BCUT2D eigenvalue weighted by molar-refractivity contribution is -0.132. The number of aliphatic imine (C=N–C) groups is 1. The van der Waals surface area contributed by atoms with Gasteiger partial charge in [0.05, 0.1) is 42.8 Å². The Morgan fingerprint density at radius 2 is 1.73 bits per heavy atom. The smallest absolute Gasteiger partial charge is 0.416 e. The lowest BCUT2D eigenvalue weighted by atomic mass is 10.1. The molecule has 0 aromatic heterocycles. The molecule has 2 aromatic rings. The largest absolute Gasteiger partial charge is 0.443 e. The average Bonchev–Trinajstić information content (AvgIpc) is 3.42. The number of likely N-dealkylation sites (N-methyl/N-ethyl adjacent to an activating group) is 1. The van der Waals surface area contributed by atoms with Gasteiger partial charge in [-0.25, -0.2) is 13.2 Å². The molecule has 1 aliphatic rings. The number of hydrogen-bond acceptors (Lipinski definition) is 8. The predicted molar refractivity (Wildman–Crippen MR) is 165 cm³/mol. The highest BCUT2D eigenvalue weighted by Crippen LogP contribution is 2.30. The van der Waals surface area contributed by atoms with E-state index < -0.39 is 64.0 Å². The van der Waals surface area contributed by atoms with Gasteiger partial charge in [0.1, 0.15) is 16.3 Å². The lowest BCUT2D eigenvalue weighted by Crippen LogP contribution is -2.46. The highest BCUT2D eigenvalue weighted by atomic mass is 35.5. The van der Waals surface area contributed by atoms with Crippen LogP contribution < -0.4 is 11.1 Å². The molecule has 0 saturated heterocycles. The number of amides is 4. The molecule has 3 N–H and O–H groups in total. The van der Waals surface area contributed by atoms with Crippen LogP contribution in [0.1, 0.15) is 31.9 Å². The molecule has 2 aromatic carbocycles. The molecular weight excluding hydrogens is 635 g/mol. The third-order valence-electron chi connectivity index (χ3n) is 6.14. The van der Waals surface area contributed by atoms with Gasteiger partial charge in [-0.1, -0.05) is 53.5 Å². The van der Waals surface area contributed by atoms with Crippen LogP contribution in [-0.4, -0.2) is 97.5 Å². The van der Waals surface area contributed by atoms with Crippen molar-refractivity contribution in [2.45, 2.75) is 37.8 Å². The second-order valence-corrected chi connectivity index (χ2v) is 13.5. The molecule has 44 heavy (non-hydrogen) atoms. The standard InChI is InChI=1S/C28H34Cl2N6O7S/c1-28(2,3)43-27(40)36-13-12-32-26(36)19-10-8-18(9-11-19)15-34(4)24(39)14-33-23(38)17-35(16-22(31)37)44(41,42)21-7-5-6-20(29)25(21)30/h5-11H,12-17H2,1-4H3,(H2,31,37)(H,33,38). The summed E-state index contributed by atoms with van der Waals surface area (Å²) in [5.74, 6) is -1.80. The number of halogens is 2. The minimum absolute atomic E-state index is 0.0328. The molecule has 16 heteroatoms. The number of hydrogen-bond donors (Lipinski definition) is 2. The fraction of sp³-hybridized carbons (Fsp3) is 0.393. The molecule has 0 spiro atoms. The first-order valence-corrected chi connectivity index (χ1v) is 15.6. The van der Waals surface area contributed by atoms with E-state index in [2.05, 4.69) is 10.3 Å². The fourth-order valence-corrected chi connectivity index (χ4v) is 6.16. The highest BCUT2D eigenvalue weighted by molar-refractivity contribution is 7.89. The van der Waals surface area contributed by atoms with Crippen LogP contribution >= 0.6 is 23.2 Å². The van der Waals surface area contributed by atoms with Gasteiger partial charge in [-0.05, 0) is 38.5 Å². The summed E-state index contributed by atoms with van der Waals surface area (Å²) < 4.78 is 32.3. The molecule has 0 saturated carbocycles. The van der Waals surface area contributed by atoms with Crippen molar-refractivity contribution >= 4 is 62.9 Å². The Labute approximate surface area is 266 Å². The zero-order valence-corrected chi connectivity index (χ0v) is 27.0. The fourth-order valence-electron chi connectivity index (χ4n) is 4.06. The predicted octanol–water partition coefficient (Wildman–Crippen LogP) is 2.24. The summed E-state index contributed by atoms with van der Waals surface area (Å²) in [5.41, 5.74) is 6.06. The molecule has 3 rings (SSSR count). The topological polar surface area (TPSA) is 172 Å². The molecule has 1 aliphatic heterocycles. The monoisotopic (exact) mass is 668 g/mol. The van der Waals surface area contributed by atoms with Crippen LogP contribution in [0.2, 0.25) is 10.0 Å². The van der Waals surface area contributed by atoms with Crippen LogP contribution in [-0.2, 0) is 35.7 Å². The Bertz CT molecular complexity index is 1560. The van der Waals surface area contributed by atoms with E-state index in [9.17, 15) is 27.6 Å². The number of rotatable bonds is 11. The van der Waals surface area contributed by atoms with Crippen molar-refractivity contribution in [1.82, 2.24) is 19.4 Å². The molecule has 238 valence electrons. The van der Waals surface area contributed by atoms with Gasteiger partial charge in [0.15, 0.2) is 0 Å². The van der Waals surface area contributed by atoms with Gasteiger partial charge in [-0.2, -0.15) is 4.31 Å². The van der Waals surface area contributed by atoms with E-state index >= 15 is 0 Å². The van der Waals surface area contributed by atoms with E-state index in [1.165, 1.54) is 28.0 Å². The van der Waals surface area contributed by atoms with Crippen LogP contribution in [0.3, 0.4) is 0 Å². The number of carbonyl (C=O) groups excluding carboxylic acids is 4. The van der Waals surface area contributed by atoms with E-state index in [1.807, 2.05) is 0 Å². The zero-order valence-electron chi connectivity index (χ0n) is 24.7. The van der Waals surface area contributed by atoms with Crippen LogP contribution in [0.4, 0.5) is 4.79 Å². The molecular formula is C28H34Cl2N6O7S. The van der Waals surface area contributed by atoms with Gasteiger partial charge in [0, 0.05) is 19.2 Å². The van der Waals surface area contributed by atoms with Crippen molar-refractivity contribution in [3.05, 3.63) is 63.6 Å².